The lowest BCUT2D eigenvalue weighted by molar-refractivity contribution is -0.150. The number of carbonyl (C=O) groups excluding carboxylic acids is 1. The first-order chi connectivity index (χ1) is 8.81. The van der Waals surface area contributed by atoms with E-state index in [9.17, 15) is 14.7 Å². The van der Waals surface area contributed by atoms with E-state index in [0.29, 0.717) is 19.5 Å². The molecule has 0 aromatic carbocycles. The van der Waals surface area contributed by atoms with E-state index in [2.05, 4.69) is 6.92 Å². The van der Waals surface area contributed by atoms with Crippen LogP contribution in [0.1, 0.15) is 46.5 Å². The van der Waals surface area contributed by atoms with Crippen molar-refractivity contribution in [2.75, 3.05) is 20.1 Å². The molecular formula is C14H26N2O3. The van der Waals surface area contributed by atoms with Crippen molar-refractivity contribution < 1.29 is 14.7 Å². The third-order valence-corrected chi connectivity index (χ3v) is 4.15. The second kappa shape index (κ2) is 6.26. The molecule has 110 valence electrons. The lowest BCUT2D eigenvalue weighted by Gasteiger charge is -2.40. The van der Waals surface area contributed by atoms with Crippen molar-refractivity contribution in [3.63, 3.8) is 0 Å². The zero-order valence-electron chi connectivity index (χ0n) is 12.5. The Morgan fingerprint density at radius 2 is 2.11 bits per heavy atom. The Bertz CT molecular complexity index is 346. The van der Waals surface area contributed by atoms with Crippen molar-refractivity contribution in [2.24, 2.45) is 5.41 Å². The van der Waals surface area contributed by atoms with Crippen LogP contribution in [0.3, 0.4) is 0 Å². The fourth-order valence-electron chi connectivity index (χ4n) is 2.60. The molecule has 2 atom stereocenters. The lowest BCUT2D eigenvalue weighted by atomic mass is 9.82. The number of piperidine rings is 1. The number of carboxylic acid groups (broad SMARTS) is 1. The average molecular weight is 270 g/mol. The molecule has 0 bridgehead atoms. The molecule has 5 heteroatoms. The summed E-state index contributed by atoms with van der Waals surface area (Å²) in [6.45, 7) is 6.82. The third-order valence-electron chi connectivity index (χ3n) is 4.15. The number of aliphatic carboxylic acids is 1. The molecule has 2 amide bonds. The van der Waals surface area contributed by atoms with Crippen molar-refractivity contribution in [3.05, 3.63) is 0 Å². The number of likely N-dealkylation sites (tertiary alicyclic amines) is 1. The molecule has 0 aliphatic carbocycles. The lowest BCUT2D eigenvalue weighted by Crippen LogP contribution is -2.53. The number of hydrogen-bond acceptors (Lipinski definition) is 2. The largest absolute Gasteiger partial charge is 0.481 e. The van der Waals surface area contributed by atoms with Crippen LogP contribution >= 0.6 is 0 Å². The number of rotatable bonds is 4. The normalized spacial score (nSPS) is 24.9. The van der Waals surface area contributed by atoms with E-state index in [4.69, 9.17) is 0 Å². The van der Waals surface area contributed by atoms with Crippen LogP contribution in [0, 0.1) is 5.41 Å². The number of amides is 2. The number of nitrogens with zero attached hydrogens (tertiary/aromatic N) is 2. The summed E-state index contributed by atoms with van der Waals surface area (Å²) in [6, 6.07) is 0.142. The van der Waals surface area contributed by atoms with Crippen molar-refractivity contribution >= 4 is 12.0 Å². The Kier molecular flexibility index (Phi) is 5.20. The fraction of sp³-hybridized carbons (Fsp3) is 0.857. The van der Waals surface area contributed by atoms with Crippen molar-refractivity contribution in [3.8, 4) is 0 Å². The van der Waals surface area contributed by atoms with Gasteiger partial charge in [-0.1, -0.05) is 13.3 Å². The van der Waals surface area contributed by atoms with E-state index < -0.39 is 11.4 Å². The summed E-state index contributed by atoms with van der Waals surface area (Å²) < 4.78 is 0. The number of hydrogen-bond donors (Lipinski definition) is 1. The fourth-order valence-corrected chi connectivity index (χ4v) is 2.60. The van der Waals surface area contributed by atoms with Crippen LogP contribution in [0.2, 0.25) is 0 Å². The van der Waals surface area contributed by atoms with Gasteiger partial charge in [0.2, 0.25) is 0 Å². The summed E-state index contributed by atoms with van der Waals surface area (Å²) in [6.07, 6.45) is 3.39. The van der Waals surface area contributed by atoms with Gasteiger partial charge in [0.15, 0.2) is 0 Å². The molecule has 1 rings (SSSR count). The predicted molar refractivity (Wildman–Crippen MR) is 74.1 cm³/mol. The van der Waals surface area contributed by atoms with E-state index in [1.54, 1.807) is 23.8 Å². The Hall–Kier alpha value is -1.26. The third kappa shape index (κ3) is 3.61. The van der Waals surface area contributed by atoms with Gasteiger partial charge in [0, 0.05) is 26.2 Å². The first-order valence-electron chi connectivity index (χ1n) is 7.07. The first kappa shape index (κ1) is 15.8. The molecule has 1 heterocycles. The monoisotopic (exact) mass is 270 g/mol. The van der Waals surface area contributed by atoms with Crippen LogP contribution in [0.5, 0.6) is 0 Å². The van der Waals surface area contributed by atoms with Crippen LogP contribution in [0.4, 0.5) is 4.79 Å². The van der Waals surface area contributed by atoms with E-state index >= 15 is 0 Å². The van der Waals surface area contributed by atoms with E-state index in [-0.39, 0.29) is 12.1 Å². The Labute approximate surface area is 115 Å². The molecule has 1 N–H and O–H groups in total. The maximum Gasteiger partial charge on any atom is 0.320 e. The molecule has 5 nitrogen and oxygen atoms in total. The summed E-state index contributed by atoms with van der Waals surface area (Å²) in [7, 11) is 1.80. The highest BCUT2D eigenvalue weighted by Gasteiger charge is 2.40. The zero-order valence-corrected chi connectivity index (χ0v) is 12.5. The second-order valence-corrected chi connectivity index (χ2v) is 5.92. The van der Waals surface area contributed by atoms with Crippen LogP contribution in [-0.2, 0) is 4.79 Å². The van der Waals surface area contributed by atoms with Crippen LogP contribution in [0.15, 0.2) is 0 Å². The van der Waals surface area contributed by atoms with Crippen LogP contribution in [0.25, 0.3) is 0 Å². The zero-order chi connectivity index (χ0) is 14.6. The van der Waals surface area contributed by atoms with E-state index in [1.807, 2.05) is 6.92 Å². The molecule has 1 aliphatic heterocycles. The molecule has 0 saturated carbocycles. The highest BCUT2D eigenvalue weighted by atomic mass is 16.4. The molecule has 0 spiro atoms. The molecule has 0 aromatic heterocycles. The van der Waals surface area contributed by atoms with Gasteiger partial charge >= 0.3 is 12.0 Å². The molecule has 0 radical (unpaired) electrons. The van der Waals surface area contributed by atoms with Gasteiger partial charge in [0.25, 0.3) is 0 Å². The van der Waals surface area contributed by atoms with Crippen molar-refractivity contribution in [1.29, 1.82) is 0 Å². The smallest absolute Gasteiger partial charge is 0.320 e. The Morgan fingerprint density at radius 1 is 1.47 bits per heavy atom. The average Bonchev–Trinajstić information content (AvgIpc) is 2.37. The molecule has 1 saturated heterocycles. The van der Waals surface area contributed by atoms with Gasteiger partial charge in [-0.25, -0.2) is 4.79 Å². The predicted octanol–water partition coefficient (Wildman–Crippen LogP) is 2.41. The quantitative estimate of drug-likeness (QED) is 0.853. The Morgan fingerprint density at radius 3 is 2.63 bits per heavy atom. The summed E-state index contributed by atoms with van der Waals surface area (Å²) in [4.78, 5) is 27.1. The van der Waals surface area contributed by atoms with Gasteiger partial charge < -0.3 is 14.9 Å². The topological polar surface area (TPSA) is 60.9 Å². The van der Waals surface area contributed by atoms with Crippen molar-refractivity contribution in [1.82, 2.24) is 9.80 Å². The van der Waals surface area contributed by atoms with Gasteiger partial charge in [-0.3, -0.25) is 4.79 Å². The SMILES string of the molecule is CCCC(C)N(C)C(=O)N1CCCC(C)(C(=O)O)C1. The molecule has 0 aromatic rings. The van der Waals surface area contributed by atoms with Crippen LogP contribution < -0.4 is 0 Å². The van der Waals surface area contributed by atoms with E-state index in [1.165, 1.54) is 0 Å². The second-order valence-electron chi connectivity index (χ2n) is 5.92. The summed E-state index contributed by atoms with van der Waals surface area (Å²) in [5.74, 6) is -0.811. The van der Waals surface area contributed by atoms with Crippen LogP contribution in [-0.4, -0.2) is 53.1 Å². The Balaban J connectivity index is 2.69. The van der Waals surface area contributed by atoms with Gasteiger partial charge in [0.1, 0.15) is 0 Å². The van der Waals surface area contributed by atoms with E-state index in [0.717, 1.165) is 19.3 Å². The minimum absolute atomic E-state index is 0.0480. The molecule has 1 fully saturated rings. The summed E-state index contributed by atoms with van der Waals surface area (Å²) in [5.41, 5.74) is -0.803. The maximum atomic E-state index is 12.4. The summed E-state index contributed by atoms with van der Waals surface area (Å²) >= 11 is 0. The molecule has 19 heavy (non-hydrogen) atoms. The van der Waals surface area contributed by atoms with Gasteiger partial charge in [0.05, 0.1) is 5.41 Å². The standard InChI is InChI=1S/C14H26N2O3/c1-5-7-11(2)15(4)13(19)16-9-6-8-14(3,10-16)12(17)18/h11H,5-10H2,1-4H3,(H,17,18). The summed E-state index contributed by atoms with van der Waals surface area (Å²) in [5, 5.41) is 9.28. The minimum atomic E-state index is -0.811. The highest BCUT2D eigenvalue weighted by Crippen LogP contribution is 2.30. The maximum absolute atomic E-state index is 12.4. The highest BCUT2D eigenvalue weighted by molar-refractivity contribution is 5.78. The minimum Gasteiger partial charge on any atom is -0.481 e. The molecule has 2 unspecified atom stereocenters. The molecular weight excluding hydrogens is 244 g/mol. The van der Waals surface area contributed by atoms with Gasteiger partial charge in [-0.15, -0.1) is 0 Å². The number of carboxylic acids is 1. The molecule has 1 aliphatic rings. The number of carbonyl (C=O) groups is 2. The first-order valence-corrected chi connectivity index (χ1v) is 7.07. The van der Waals surface area contributed by atoms with Gasteiger partial charge in [-0.05, 0) is 33.1 Å². The van der Waals surface area contributed by atoms with Crippen molar-refractivity contribution in [2.45, 2.75) is 52.5 Å². The number of urea groups is 1. The van der Waals surface area contributed by atoms with Gasteiger partial charge in [-0.2, -0.15) is 0 Å².